The van der Waals surface area contributed by atoms with Crippen LogP contribution in [0.25, 0.3) is 11.1 Å². The summed E-state index contributed by atoms with van der Waals surface area (Å²) in [6.45, 7) is 3.07. The lowest BCUT2D eigenvalue weighted by Gasteiger charge is -2.15. The second-order valence-electron chi connectivity index (χ2n) is 6.48. The van der Waals surface area contributed by atoms with Crippen molar-refractivity contribution in [1.29, 1.82) is 5.41 Å². The Balaban J connectivity index is 2.15. The molecule has 0 saturated carbocycles. The molecule has 0 unspecified atom stereocenters. The van der Waals surface area contributed by atoms with E-state index in [1.807, 2.05) is 0 Å². The lowest BCUT2D eigenvalue weighted by atomic mass is 10.0. The third-order valence-corrected chi connectivity index (χ3v) is 5.58. The molecule has 7 nitrogen and oxygen atoms in total. The molecule has 3 rings (SSSR count). The van der Waals surface area contributed by atoms with Crippen molar-refractivity contribution in [2.45, 2.75) is 13.8 Å². The standard InChI is InChI=1S/C20H19F2N3O4S/c1-3-30(27,28)24-15-5-7-18(29-19-6-4-14(21)10-17(19)22)16(11-15)13-8-12(2)25(26)20(23)9-13/h4-11,23-24,26H,3H2,1-2H3. The second kappa shape index (κ2) is 8.15. The highest BCUT2D eigenvalue weighted by Gasteiger charge is 2.15. The van der Waals surface area contributed by atoms with E-state index in [0.717, 1.165) is 12.1 Å². The minimum atomic E-state index is -3.55. The van der Waals surface area contributed by atoms with Gasteiger partial charge in [0.2, 0.25) is 10.0 Å². The summed E-state index contributed by atoms with van der Waals surface area (Å²) in [5.74, 6) is -1.87. The first kappa shape index (κ1) is 21.3. The fraction of sp³-hybridized carbons (Fsp3) is 0.150. The summed E-state index contributed by atoms with van der Waals surface area (Å²) in [6.07, 6.45) is 0. The van der Waals surface area contributed by atoms with Crippen LogP contribution < -0.4 is 14.9 Å². The van der Waals surface area contributed by atoms with Crippen LogP contribution in [0.15, 0.2) is 48.5 Å². The van der Waals surface area contributed by atoms with Gasteiger partial charge in [0.25, 0.3) is 0 Å². The van der Waals surface area contributed by atoms with Gasteiger partial charge in [-0.2, -0.15) is 4.73 Å². The van der Waals surface area contributed by atoms with Crippen molar-refractivity contribution < 1.29 is 27.1 Å². The summed E-state index contributed by atoms with van der Waals surface area (Å²) in [7, 11) is -3.55. The normalized spacial score (nSPS) is 11.3. The molecular formula is C20H19F2N3O4S. The summed E-state index contributed by atoms with van der Waals surface area (Å²) in [5.41, 5.74) is 1.13. The average molecular weight is 435 g/mol. The van der Waals surface area contributed by atoms with Gasteiger partial charge in [-0.3, -0.25) is 10.1 Å². The quantitative estimate of drug-likeness (QED) is 0.509. The van der Waals surface area contributed by atoms with Gasteiger partial charge in [0.1, 0.15) is 11.6 Å². The van der Waals surface area contributed by atoms with Gasteiger partial charge < -0.3 is 9.94 Å². The minimum Gasteiger partial charge on any atom is -0.454 e. The maximum atomic E-state index is 14.1. The third-order valence-electron chi connectivity index (χ3n) is 4.28. The Labute approximate surface area is 171 Å². The molecule has 30 heavy (non-hydrogen) atoms. The zero-order chi connectivity index (χ0) is 22.1. The van der Waals surface area contributed by atoms with E-state index in [-0.39, 0.29) is 28.4 Å². The highest BCUT2D eigenvalue weighted by Crippen LogP contribution is 2.36. The largest absolute Gasteiger partial charge is 0.454 e. The molecule has 2 aromatic carbocycles. The maximum Gasteiger partial charge on any atom is 0.232 e. The van der Waals surface area contributed by atoms with Crippen molar-refractivity contribution in [2.24, 2.45) is 0 Å². The zero-order valence-corrected chi connectivity index (χ0v) is 16.9. The van der Waals surface area contributed by atoms with E-state index in [1.165, 1.54) is 31.2 Å². The molecule has 10 heteroatoms. The van der Waals surface area contributed by atoms with Crippen LogP contribution in [0.5, 0.6) is 11.5 Å². The van der Waals surface area contributed by atoms with Crippen LogP contribution in [0.3, 0.4) is 0 Å². The van der Waals surface area contributed by atoms with Gasteiger partial charge in [-0.1, -0.05) is 0 Å². The molecule has 0 spiro atoms. The first-order valence-corrected chi connectivity index (χ1v) is 10.5. The van der Waals surface area contributed by atoms with Crippen molar-refractivity contribution >= 4 is 15.7 Å². The monoisotopic (exact) mass is 435 g/mol. The van der Waals surface area contributed by atoms with Gasteiger partial charge in [0.05, 0.1) is 11.4 Å². The molecule has 0 radical (unpaired) electrons. The van der Waals surface area contributed by atoms with Gasteiger partial charge in [-0.25, -0.2) is 17.2 Å². The number of aryl methyl sites for hydroxylation is 1. The van der Waals surface area contributed by atoms with E-state index in [1.54, 1.807) is 13.0 Å². The number of aromatic nitrogens is 1. The Morgan fingerprint density at radius 2 is 1.80 bits per heavy atom. The van der Waals surface area contributed by atoms with Gasteiger partial charge in [0, 0.05) is 17.3 Å². The maximum absolute atomic E-state index is 14.1. The molecule has 3 N–H and O–H groups in total. The number of pyridine rings is 1. The summed E-state index contributed by atoms with van der Waals surface area (Å²) < 4.78 is 59.8. The summed E-state index contributed by atoms with van der Waals surface area (Å²) in [4.78, 5) is 0. The molecule has 0 atom stereocenters. The van der Waals surface area contributed by atoms with E-state index in [9.17, 15) is 22.4 Å². The molecule has 0 bridgehead atoms. The van der Waals surface area contributed by atoms with Crippen molar-refractivity contribution in [2.75, 3.05) is 10.5 Å². The molecule has 0 amide bonds. The van der Waals surface area contributed by atoms with Crippen LogP contribution in [-0.4, -0.2) is 24.1 Å². The molecule has 0 aliphatic rings. The van der Waals surface area contributed by atoms with Gasteiger partial charge >= 0.3 is 0 Å². The summed E-state index contributed by atoms with van der Waals surface area (Å²) in [6, 6.07) is 10.1. The summed E-state index contributed by atoms with van der Waals surface area (Å²) in [5, 5.41) is 17.7. The SMILES string of the molecule is CCS(=O)(=O)Nc1ccc(Oc2ccc(F)cc2F)c(-c2cc(C)n(O)c(=N)c2)c1. The first-order valence-electron chi connectivity index (χ1n) is 8.85. The van der Waals surface area contributed by atoms with Crippen molar-refractivity contribution in [3.63, 3.8) is 0 Å². The number of sulfonamides is 1. The molecule has 0 fully saturated rings. The van der Waals surface area contributed by atoms with Crippen molar-refractivity contribution in [3.05, 3.63) is 71.3 Å². The lowest BCUT2D eigenvalue weighted by Crippen LogP contribution is -2.19. The number of ether oxygens (including phenoxy) is 1. The molecule has 1 aromatic heterocycles. The number of rotatable bonds is 6. The van der Waals surface area contributed by atoms with E-state index >= 15 is 0 Å². The fourth-order valence-electron chi connectivity index (χ4n) is 2.72. The van der Waals surface area contributed by atoms with Crippen LogP contribution in [0.2, 0.25) is 0 Å². The van der Waals surface area contributed by atoms with E-state index in [0.29, 0.717) is 27.6 Å². The highest BCUT2D eigenvalue weighted by atomic mass is 32.2. The Morgan fingerprint density at radius 1 is 1.10 bits per heavy atom. The van der Waals surface area contributed by atoms with Crippen LogP contribution in [-0.2, 0) is 10.0 Å². The number of benzene rings is 2. The van der Waals surface area contributed by atoms with E-state index < -0.39 is 21.7 Å². The van der Waals surface area contributed by atoms with Crippen molar-refractivity contribution in [3.8, 4) is 22.6 Å². The molecule has 0 saturated heterocycles. The van der Waals surface area contributed by atoms with Crippen molar-refractivity contribution in [1.82, 2.24) is 4.73 Å². The average Bonchev–Trinajstić information content (AvgIpc) is 2.68. The Kier molecular flexibility index (Phi) is 5.79. The van der Waals surface area contributed by atoms with Crippen LogP contribution >= 0.6 is 0 Å². The number of hydrogen-bond acceptors (Lipinski definition) is 5. The highest BCUT2D eigenvalue weighted by molar-refractivity contribution is 7.92. The van der Waals surface area contributed by atoms with Crippen LogP contribution in [0, 0.1) is 24.0 Å². The van der Waals surface area contributed by atoms with E-state index in [4.69, 9.17) is 10.1 Å². The Hall–Kier alpha value is -3.40. The predicted octanol–water partition coefficient (Wildman–Crippen LogP) is 4.01. The number of nitrogens with zero attached hydrogens (tertiary/aromatic N) is 1. The smallest absolute Gasteiger partial charge is 0.232 e. The first-order chi connectivity index (χ1) is 14.1. The lowest BCUT2D eigenvalue weighted by molar-refractivity contribution is 0.164. The molecule has 0 aliphatic heterocycles. The number of halogens is 2. The van der Waals surface area contributed by atoms with Gasteiger partial charge in [0.15, 0.2) is 17.1 Å². The molecule has 1 heterocycles. The predicted molar refractivity (Wildman–Crippen MR) is 107 cm³/mol. The molecular weight excluding hydrogens is 416 g/mol. The minimum absolute atomic E-state index is 0.132. The second-order valence-corrected chi connectivity index (χ2v) is 8.49. The number of anilines is 1. The third kappa shape index (κ3) is 4.60. The molecule has 0 aliphatic carbocycles. The topological polar surface area (TPSA) is 104 Å². The number of nitrogens with one attached hydrogen (secondary N) is 2. The fourth-order valence-corrected chi connectivity index (χ4v) is 3.35. The van der Waals surface area contributed by atoms with Crippen LogP contribution in [0.4, 0.5) is 14.5 Å². The number of hydrogen-bond donors (Lipinski definition) is 3. The van der Waals surface area contributed by atoms with E-state index in [2.05, 4.69) is 4.72 Å². The Morgan fingerprint density at radius 3 is 2.43 bits per heavy atom. The zero-order valence-electron chi connectivity index (χ0n) is 16.1. The van der Waals surface area contributed by atoms with Gasteiger partial charge in [-0.05, 0) is 61.9 Å². The van der Waals surface area contributed by atoms with Crippen LogP contribution in [0.1, 0.15) is 12.6 Å². The van der Waals surface area contributed by atoms with Gasteiger partial charge in [-0.15, -0.1) is 0 Å². The Bertz CT molecular complexity index is 1270. The summed E-state index contributed by atoms with van der Waals surface area (Å²) >= 11 is 0. The molecule has 3 aromatic rings. The molecule has 158 valence electrons.